The van der Waals surface area contributed by atoms with Gasteiger partial charge in [-0.05, 0) is 30.5 Å². The second-order valence-electron chi connectivity index (χ2n) is 6.84. The molecule has 0 saturated carbocycles. The summed E-state index contributed by atoms with van der Waals surface area (Å²) in [4.78, 5) is 14.4. The van der Waals surface area contributed by atoms with Crippen LogP contribution in [-0.4, -0.2) is 43.9 Å². The summed E-state index contributed by atoms with van der Waals surface area (Å²) in [6, 6.07) is 6.76. The summed E-state index contributed by atoms with van der Waals surface area (Å²) < 4.78 is 15.6. The van der Waals surface area contributed by atoms with Gasteiger partial charge in [-0.15, -0.1) is 0 Å². The maximum absolute atomic E-state index is 13.9. The number of H-pyrrole nitrogens is 1. The summed E-state index contributed by atoms with van der Waals surface area (Å²) in [5.41, 5.74) is 2.04. The van der Waals surface area contributed by atoms with Crippen LogP contribution in [0, 0.1) is 5.82 Å². The zero-order chi connectivity index (χ0) is 17.6. The number of nitrogens with zero attached hydrogens (tertiary/aromatic N) is 4. The molecule has 3 aromatic rings. The van der Waals surface area contributed by atoms with E-state index in [9.17, 15) is 9.18 Å². The highest BCUT2D eigenvalue weighted by Gasteiger charge is 2.30. The van der Waals surface area contributed by atoms with Gasteiger partial charge >= 0.3 is 0 Å². The summed E-state index contributed by atoms with van der Waals surface area (Å²) >= 11 is 0. The standard InChI is InChI=1S/C18H20FN5O/c1-11(2)16-8-17(21-20-16)18(25)23-7-6-12(9-23)24-10-13-14(19)4-3-5-15(13)22-24/h3-5,8,10-12H,6-7,9H2,1-2H3,(H,20,21)/t12-/m1/s1. The van der Waals surface area contributed by atoms with Crippen molar-refractivity contribution in [3.63, 3.8) is 0 Å². The monoisotopic (exact) mass is 341 g/mol. The van der Waals surface area contributed by atoms with Crippen molar-refractivity contribution in [1.29, 1.82) is 0 Å². The number of likely N-dealkylation sites (tertiary alicyclic amines) is 1. The maximum atomic E-state index is 13.9. The molecule has 0 aliphatic carbocycles. The number of halogens is 1. The molecule has 0 spiro atoms. The van der Waals surface area contributed by atoms with Gasteiger partial charge < -0.3 is 4.90 Å². The summed E-state index contributed by atoms with van der Waals surface area (Å²) in [5.74, 6) is -0.0475. The molecule has 0 unspecified atom stereocenters. The number of hydrogen-bond acceptors (Lipinski definition) is 3. The van der Waals surface area contributed by atoms with Crippen LogP contribution in [0.4, 0.5) is 4.39 Å². The normalized spacial score (nSPS) is 17.8. The lowest BCUT2D eigenvalue weighted by Gasteiger charge is -2.15. The molecule has 6 nitrogen and oxygen atoms in total. The van der Waals surface area contributed by atoms with E-state index < -0.39 is 0 Å². The van der Waals surface area contributed by atoms with Crippen LogP contribution in [0.5, 0.6) is 0 Å². The van der Waals surface area contributed by atoms with Gasteiger partial charge in [0.15, 0.2) is 0 Å². The Morgan fingerprint density at radius 2 is 2.24 bits per heavy atom. The topological polar surface area (TPSA) is 66.8 Å². The third-order valence-corrected chi connectivity index (χ3v) is 4.76. The highest BCUT2D eigenvalue weighted by molar-refractivity contribution is 5.92. The van der Waals surface area contributed by atoms with Gasteiger partial charge in [-0.1, -0.05) is 19.9 Å². The summed E-state index contributed by atoms with van der Waals surface area (Å²) in [6.45, 7) is 5.29. The van der Waals surface area contributed by atoms with Crippen LogP contribution in [0.15, 0.2) is 30.5 Å². The van der Waals surface area contributed by atoms with Crippen LogP contribution in [0.25, 0.3) is 10.9 Å². The zero-order valence-electron chi connectivity index (χ0n) is 14.2. The minimum atomic E-state index is -0.270. The molecule has 4 rings (SSSR count). The number of nitrogens with one attached hydrogen (secondary N) is 1. The number of hydrogen-bond donors (Lipinski definition) is 1. The molecule has 1 amide bonds. The van der Waals surface area contributed by atoms with Gasteiger partial charge in [-0.25, -0.2) is 4.39 Å². The van der Waals surface area contributed by atoms with Gasteiger partial charge in [0, 0.05) is 19.3 Å². The summed E-state index contributed by atoms with van der Waals surface area (Å²) in [6.07, 6.45) is 2.53. The predicted octanol–water partition coefficient (Wildman–Crippen LogP) is 3.11. The number of benzene rings is 1. The highest BCUT2D eigenvalue weighted by Crippen LogP contribution is 2.26. The van der Waals surface area contributed by atoms with Gasteiger partial charge in [-0.2, -0.15) is 10.2 Å². The Balaban J connectivity index is 1.51. The van der Waals surface area contributed by atoms with Gasteiger partial charge in [0.1, 0.15) is 11.5 Å². The van der Waals surface area contributed by atoms with Crippen LogP contribution in [0.3, 0.4) is 0 Å². The second kappa shape index (κ2) is 5.98. The van der Waals surface area contributed by atoms with Crippen molar-refractivity contribution in [3.8, 4) is 0 Å². The van der Waals surface area contributed by atoms with Crippen molar-refractivity contribution < 1.29 is 9.18 Å². The van der Waals surface area contributed by atoms with Crippen molar-refractivity contribution in [3.05, 3.63) is 47.7 Å². The average Bonchev–Trinajstić information content (AvgIpc) is 3.32. The van der Waals surface area contributed by atoms with E-state index in [0.29, 0.717) is 29.7 Å². The quantitative estimate of drug-likeness (QED) is 0.796. The molecule has 1 aromatic carbocycles. The average molecular weight is 341 g/mol. The molecular formula is C18H20FN5O. The Kier molecular flexibility index (Phi) is 3.78. The lowest BCUT2D eigenvalue weighted by molar-refractivity contribution is 0.0781. The van der Waals surface area contributed by atoms with E-state index in [4.69, 9.17) is 0 Å². The maximum Gasteiger partial charge on any atom is 0.271 e. The zero-order valence-corrected chi connectivity index (χ0v) is 14.2. The molecule has 25 heavy (non-hydrogen) atoms. The van der Waals surface area contributed by atoms with Crippen molar-refractivity contribution >= 4 is 16.8 Å². The van der Waals surface area contributed by atoms with E-state index in [1.165, 1.54) is 6.07 Å². The minimum Gasteiger partial charge on any atom is -0.335 e. The SMILES string of the molecule is CC(C)c1cc(C(=O)N2CC[C@@H](n3cc4c(F)cccc4n3)C2)[nH]n1. The van der Waals surface area contributed by atoms with E-state index in [1.807, 2.05) is 19.9 Å². The molecule has 1 fully saturated rings. The number of aromatic nitrogens is 4. The van der Waals surface area contributed by atoms with Crippen molar-refractivity contribution in [1.82, 2.24) is 24.9 Å². The first kappa shape index (κ1) is 15.8. The number of aromatic amines is 1. The van der Waals surface area contributed by atoms with Crippen LogP contribution >= 0.6 is 0 Å². The van der Waals surface area contributed by atoms with E-state index in [1.54, 1.807) is 27.9 Å². The molecule has 3 heterocycles. The van der Waals surface area contributed by atoms with E-state index in [-0.39, 0.29) is 23.7 Å². The van der Waals surface area contributed by atoms with Gasteiger partial charge in [0.05, 0.1) is 22.6 Å². The Bertz CT molecular complexity index is 929. The number of rotatable bonds is 3. The van der Waals surface area contributed by atoms with Crippen molar-refractivity contribution in [2.24, 2.45) is 0 Å². The third kappa shape index (κ3) is 2.79. The fourth-order valence-electron chi connectivity index (χ4n) is 3.27. The third-order valence-electron chi connectivity index (χ3n) is 4.76. The van der Waals surface area contributed by atoms with Gasteiger partial charge in [-0.3, -0.25) is 14.6 Å². The molecule has 0 bridgehead atoms. The summed E-state index contributed by atoms with van der Waals surface area (Å²) in [5, 5.41) is 12.0. The molecule has 2 aromatic heterocycles. The van der Waals surface area contributed by atoms with E-state index >= 15 is 0 Å². The fraction of sp³-hybridized carbons (Fsp3) is 0.389. The Morgan fingerprint density at radius 3 is 2.96 bits per heavy atom. The summed E-state index contributed by atoms with van der Waals surface area (Å²) in [7, 11) is 0. The first-order chi connectivity index (χ1) is 12.0. The number of fused-ring (bicyclic) bond motifs is 1. The highest BCUT2D eigenvalue weighted by atomic mass is 19.1. The molecule has 1 N–H and O–H groups in total. The lowest BCUT2D eigenvalue weighted by Crippen LogP contribution is -2.29. The number of carbonyl (C=O) groups excluding carboxylic acids is 1. The first-order valence-electron chi connectivity index (χ1n) is 8.51. The molecule has 1 aliphatic rings. The molecule has 0 radical (unpaired) electrons. The number of amides is 1. The number of carbonyl (C=O) groups is 1. The Morgan fingerprint density at radius 1 is 1.40 bits per heavy atom. The first-order valence-corrected chi connectivity index (χ1v) is 8.51. The largest absolute Gasteiger partial charge is 0.335 e. The van der Waals surface area contributed by atoms with Crippen LogP contribution < -0.4 is 0 Å². The van der Waals surface area contributed by atoms with Crippen molar-refractivity contribution in [2.45, 2.75) is 32.2 Å². The van der Waals surface area contributed by atoms with E-state index in [0.717, 1.165) is 12.1 Å². The predicted molar refractivity (Wildman–Crippen MR) is 91.9 cm³/mol. The molecular weight excluding hydrogens is 321 g/mol. The molecule has 7 heteroatoms. The lowest BCUT2D eigenvalue weighted by atomic mass is 10.1. The minimum absolute atomic E-state index is 0.0511. The Labute approximate surface area is 144 Å². The smallest absolute Gasteiger partial charge is 0.271 e. The molecule has 1 saturated heterocycles. The van der Waals surface area contributed by atoms with Crippen molar-refractivity contribution in [2.75, 3.05) is 13.1 Å². The van der Waals surface area contributed by atoms with Crippen LogP contribution in [0.2, 0.25) is 0 Å². The molecule has 130 valence electrons. The van der Waals surface area contributed by atoms with Gasteiger partial charge in [0.2, 0.25) is 0 Å². The van der Waals surface area contributed by atoms with E-state index in [2.05, 4.69) is 15.3 Å². The Hall–Kier alpha value is -2.70. The van der Waals surface area contributed by atoms with Gasteiger partial charge in [0.25, 0.3) is 5.91 Å². The molecule has 1 atom stereocenters. The molecule has 1 aliphatic heterocycles. The second-order valence-corrected chi connectivity index (χ2v) is 6.84. The fourth-order valence-corrected chi connectivity index (χ4v) is 3.27. The van der Waals surface area contributed by atoms with Crippen LogP contribution in [-0.2, 0) is 0 Å². The van der Waals surface area contributed by atoms with Crippen LogP contribution in [0.1, 0.15) is 48.4 Å².